The number of nitrogens with zero attached hydrogens (tertiary/aromatic N) is 1. The van der Waals surface area contributed by atoms with Crippen molar-refractivity contribution >= 4 is 16.8 Å². The first-order chi connectivity index (χ1) is 12.5. The zero-order chi connectivity index (χ0) is 18.7. The van der Waals surface area contributed by atoms with Gasteiger partial charge in [0, 0.05) is 24.1 Å². The van der Waals surface area contributed by atoms with Crippen LogP contribution in [-0.2, 0) is 11.2 Å². The summed E-state index contributed by atoms with van der Waals surface area (Å²) in [5.74, 6) is 1.38. The van der Waals surface area contributed by atoms with Crippen LogP contribution in [0.15, 0.2) is 42.5 Å². The van der Waals surface area contributed by atoms with E-state index < -0.39 is 0 Å². The number of pyridine rings is 1. The SMILES string of the molecule is CNC(=O)Cc1cccc2c(C)cc(-c3cc(OC)cc(OC)c3)nc12. The molecular formula is C21H22N2O3. The van der Waals surface area contributed by atoms with E-state index >= 15 is 0 Å². The number of amides is 1. The maximum absolute atomic E-state index is 11.9. The van der Waals surface area contributed by atoms with Crippen molar-refractivity contribution < 1.29 is 14.3 Å². The number of benzene rings is 2. The number of methoxy groups -OCH3 is 2. The molecule has 0 aliphatic heterocycles. The lowest BCUT2D eigenvalue weighted by molar-refractivity contribution is -0.119. The monoisotopic (exact) mass is 350 g/mol. The van der Waals surface area contributed by atoms with Crippen molar-refractivity contribution in [1.29, 1.82) is 0 Å². The molecule has 26 heavy (non-hydrogen) atoms. The average molecular weight is 350 g/mol. The van der Waals surface area contributed by atoms with Gasteiger partial charge in [-0.1, -0.05) is 18.2 Å². The fourth-order valence-electron chi connectivity index (χ4n) is 2.98. The van der Waals surface area contributed by atoms with Gasteiger partial charge in [-0.05, 0) is 36.2 Å². The number of carbonyl (C=O) groups is 1. The van der Waals surface area contributed by atoms with Crippen LogP contribution in [0.3, 0.4) is 0 Å². The Morgan fingerprint density at radius 2 is 1.77 bits per heavy atom. The summed E-state index contributed by atoms with van der Waals surface area (Å²) in [7, 11) is 4.89. The van der Waals surface area contributed by atoms with E-state index in [1.165, 1.54) is 0 Å². The summed E-state index contributed by atoms with van der Waals surface area (Å²) in [5.41, 5.74) is 4.57. The number of aryl methyl sites for hydroxylation is 1. The first-order valence-electron chi connectivity index (χ1n) is 8.39. The molecule has 5 heteroatoms. The van der Waals surface area contributed by atoms with Gasteiger partial charge in [0.2, 0.25) is 5.91 Å². The number of hydrogen-bond acceptors (Lipinski definition) is 4. The summed E-state index contributed by atoms with van der Waals surface area (Å²) in [4.78, 5) is 16.7. The van der Waals surface area contributed by atoms with Crippen molar-refractivity contribution in [3.63, 3.8) is 0 Å². The largest absolute Gasteiger partial charge is 0.497 e. The number of aromatic nitrogens is 1. The van der Waals surface area contributed by atoms with Gasteiger partial charge in [0.05, 0.1) is 31.9 Å². The second-order valence-electron chi connectivity index (χ2n) is 6.09. The van der Waals surface area contributed by atoms with Gasteiger partial charge in [0.1, 0.15) is 11.5 Å². The Labute approximate surface area is 153 Å². The normalized spacial score (nSPS) is 10.6. The lowest BCUT2D eigenvalue weighted by Gasteiger charge is -2.12. The van der Waals surface area contributed by atoms with E-state index in [0.29, 0.717) is 17.9 Å². The summed E-state index contributed by atoms with van der Waals surface area (Å²) in [6.07, 6.45) is 0.297. The number of nitrogens with one attached hydrogen (secondary N) is 1. The molecular weight excluding hydrogens is 328 g/mol. The van der Waals surface area contributed by atoms with E-state index in [-0.39, 0.29) is 5.91 Å². The van der Waals surface area contributed by atoms with Crippen molar-refractivity contribution in [1.82, 2.24) is 10.3 Å². The van der Waals surface area contributed by atoms with Gasteiger partial charge in [0.15, 0.2) is 0 Å². The molecule has 3 rings (SSSR count). The second kappa shape index (κ2) is 7.44. The number of para-hydroxylation sites is 1. The quantitative estimate of drug-likeness (QED) is 0.765. The molecule has 0 unspecified atom stereocenters. The number of hydrogen-bond donors (Lipinski definition) is 1. The van der Waals surface area contributed by atoms with Gasteiger partial charge in [-0.2, -0.15) is 0 Å². The van der Waals surface area contributed by atoms with Gasteiger partial charge in [-0.25, -0.2) is 4.98 Å². The number of rotatable bonds is 5. The Morgan fingerprint density at radius 3 is 2.38 bits per heavy atom. The predicted molar refractivity (Wildman–Crippen MR) is 103 cm³/mol. The van der Waals surface area contributed by atoms with E-state index in [2.05, 4.69) is 12.2 Å². The molecule has 0 aliphatic rings. The molecule has 0 atom stereocenters. The van der Waals surface area contributed by atoms with Gasteiger partial charge < -0.3 is 14.8 Å². The summed E-state index contributed by atoms with van der Waals surface area (Å²) in [6, 6.07) is 13.7. The molecule has 0 aliphatic carbocycles. The molecule has 1 N–H and O–H groups in total. The van der Waals surface area contributed by atoms with Crippen molar-refractivity contribution in [2.45, 2.75) is 13.3 Å². The summed E-state index contributed by atoms with van der Waals surface area (Å²) < 4.78 is 10.7. The Bertz CT molecular complexity index is 945. The minimum Gasteiger partial charge on any atom is -0.497 e. The minimum absolute atomic E-state index is 0.0367. The highest BCUT2D eigenvalue weighted by Crippen LogP contribution is 2.31. The van der Waals surface area contributed by atoms with Gasteiger partial charge in [-0.3, -0.25) is 4.79 Å². The highest BCUT2D eigenvalue weighted by atomic mass is 16.5. The Balaban J connectivity index is 2.19. The van der Waals surface area contributed by atoms with Crippen LogP contribution < -0.4 is 14.8 Å². The molecule has 0 saturated carbocycles. The molecule has 1 aromatic heterocycles. The number of carbonyl (C=O) groups excluding carboxylic acids is 1. The van der Waals surface area contributed by atoms with Crippen LogP contribution in [0, 0.1) is 6.92 Å². The smallest absolute Gasteiger partial charge is 0.224 e. The van der Waals surface area contributed by atoms with Crippen LogP contribution in [0.2, 0.25) is 0 Å². The molecule has 1 heterocycles. The Hall–Kier alpha value is -3.08. The maximum Gasteiger partial charge on any atom is 0.224 e. The van der Waals surface area contributed by atoms with E-state index in [0.717, 1.165) is 33.3 Å². The molecule has 134 valence electrons. The fraction of sp³-hybridized carbons (Fsp3) is 0.238. The summed E-state index contributed by atoms with van der Waals surface area (Å²) >= 11 is 0. The Kier molecular flexibility index (Phi) is 5.07. The van der Waals surface area contributed by atoms with E-state index in [1.807, 2.05) is 42.5 Å². The molecule has 0 radical (unpaired) electrons. The third-order valence-electron chi connectivity index (χ3n) is 4.41. The van der Waals surface area contributed by atoms with Crippen LogP contribution in [-0.4, -0.2) is 32.2 Å². The zero-order valence-electron chi connectivity index (χ0n) is 15.4. The maximum atomic E-state index is 11.9. The average Bonchev–Trinajstić information content (AvgIpc) is 2.67. The summed E-state index contributed by atoms with van der Waals surface area (Å²) in [5, 5.41) is 3.72. The van der Waals surface area contributed by atoms with Crippen LogP contribution >= 0.6 is 0 Å². The van der Waals surface area contributed by atoms with E-state index in [9.17, 15) is 4.79 Å². The van der Waals surface area contributed by atoms with Gasteiger partial charge in [0.25, 0.3) is 0 Å². The molecule has 3 aromatic rings. The first kappa shape index (κ1) is 17.7. The van der Waals surface area contributed by atoms with Crippen LogP contribution in [0.1, 0.15) is 11.1 Å². The van der Waals surface area contributed by atoms with E-state index in [1.54, 1.807) is 21.3 Å². The first-order valence-corrected chi connectivity index (χ1v) is 8.39. The minimum atomic E-state index is -0.0367. The lowest BCUT2D eigenvalue weighted by atomic mass is 10.0. The topological polar surface area (TPSA) is 60.5 Å². The summed E-state index contributed by atoms with van der Waals surface area (Å²) in [6.45, 7) is 2.05. The molecule has 0 bridgehead atoms. The van der Waals surface area contributed by atoms with Crippen LogP contribution in [0.5, 0.6) is 11.5 Å². The van der Waals surface area contributed by atoms with Gasteiger partial charge in [-0.15, -0.1) is 0 Å². The number of ether oxygens (including phenoxy) is 2. The molecule has 0 spiro atoms. The second-order valence-corrected chi connectivity index (χ2v) is 6.09. The van der Waals surface area contributed by atoms with Crippen molar-refractivity contribution in [3.05, 3.63) is 53.6 Å². The highest BCUT2D eigenvalue weighted by molar-refractivity contribution is 5.91. The van der Waals surface area contributed by atoms with Crippen molar-refractivity contribution in [3.8, 4) is 22.8 Å². The third kappa shape index (κ3) is 3.47. The van der Waals surface area contributed by atoms with Crippen molar-refractivity contribution in [2.24, 2.45) is 0 Å². The third-order valence-corrected chi connectivity index (χ3v) is 4.41. The molecule has 2 aromatic carbocycles. The predicted octanol–water partition coefficient (Wildman–Crippen LogP) is 3.52. The standard InChI is InChI=1S/C21H22N2O3/c1-13-8-19(15-9-16(25-3)12-17(10-15)26-4)23-21-14(11-20(24)22-2)6-5-7-18(13)21/h5-10,12H,11H2,1-4H3,(H,22,24). The van der Waals surface area contributed by atoms with E-state index in [4.69, 9.17) is 14.5 Å². The fourth-order valence-corrected chi connectivity index (χ4v) is 2.98. The number of likely N-dealkylation sites (N-methyl/N-ethyl adjacent to an activating group) is 1. The highest BCUT2D eigenvalue weighted by Gasteiger charge is 2.12. The lowest BCUT2D eigenvalue weighted by Crippen LogP contribution is -2.20. The zero-order valence-corrected chi connectivity index (χ0v) is 15.4. The Morgan fingerprint density at radius 1 is 1.08 bits per heavy atom. The molecule has 0 fully saturated rings. The molecule has 1 amide bonds. The van der Waals surface area contributed by atoms with Gasteiger partial charge >= 0.3 is 0 Å². The van der Waals surface area contributed by atoms with Crippen LogP contribution in [0.4, 0.5) is 0 Å². The number of fused-ring (bicyclic) bond motifs is 1. The van der Waals surface area contributed by atoms with Crippen molar-refractivity contribution in [2.75, 3.05) is 21.3 Å². The van der Waals surface area contributed by atoms with Crippen LogP contribution in [0.25, 0.3) is 22.2 Å². The molecule has 5 nitrogen and oxygen atoms in total. The molecule has 0 saturated heterocycles.